The van der Waals surface area contributed by atoms with Crippen LogP contribution in [0.2, 0.25) is 0 Å². The van der Waals surface area contributed by atoms with Crippen molar-refractivity contribution >= 4 is 28.6 Å². The van der Waals surface area contributed by atoms with E-state index in [9.17, 15) is 4.79 Å². The van der Waals surface area contributed by atoms with Crippen molar-refractivity contribution in [3.8, 4) is 11.5 Å². The largest absolute Gasteiger partial charge is 0.496 e. The molecule has 0 amide bonds. The average molecular weight is 420 g/mol. The number of ether oxygens (including phenoxy) is 4. The monoisotopic (exact) mass is 420 g/mol. The van der Waals surface area contributed by atoms with Gasteiger partial charge in [0.1, 0.15) is 18.1 Å². The summed E-state index contributed by atoms with van der Waals surface area (Å²) in [6, 6.07) is 3.63. The van der Waals surface area contributed by atoms with E-state index in [2.05, 4.69) is 29.2 Å². The fraction of sp³-hybridized carbons (Fsp3) is 0.438. The lowest BCUT2D eigenvalue weighted by Crippen LogP contribution is -2.16. The van der Waals surface area contributed by atoms with Crippen molar-refractivity contribution in [2.24, 2.45) is 0 Å². The molecule has 0 aliphatic rings. The fourth-order valence-corrected chi connectivity index (χ4v) is 2.34. The molecular weight excluding hydrogens is 399 g/mol. The zero-order valence-corrected chi connectivity index (χ0v) is 15.4. The van der Waals surface area contributed by atoms with Crippen LogP contribution in [0.5, 0.6) is 11.5 Å². The van der Waals surface area contributed by atoms with Crippen molar-refractivity contribution < 1.29 is 23.7 Å². The third-order valence-electron chi connectivity index (χ3n) is 2.74. The van der Waals surface area contributed by atoms with Crippen LogP contribution in [0.25, 0.3) is 0 Å². The predicted molar refractivity (Wildman–Crippen MR) is 92.0 cm³/mol. The van der Waals surface area contributed by atoms with Gasteiger partial charge in [0.15, 0.2) is 6.29 Å². The minimum atomic E-state index is -0.428. The van der Waals surface area contributed by atoms with Crippen molar-refractivity contribution in [1.82, 2.24) is 0 Å². The molecule has 1 rings (SSSR count). The molecular formula is C16H21IO5. The van der Waals surface area contributed by atoms with Gasteiger partial charge in [-0.3, -0.25) is 0 Å². The molecule has 1 atom stereocenters. The number of halogens is 1. The van der Waals surface area contributed by atoms with Crippen molar-refractivity contribution in [2.45, 2.75) is 33.7 Å². The lowest BCUT2D eigenvalue weighted by molar-refractivity contribution is -0.140. The molecule has 0 bridgehead atoms. The van der Waals surface area contributed by atoms with Gasteiger partial charge in [-0.25, -0.2) is 4.79 Å². The molecule has 22 heavy (non-hydrogen) atoms. The minimum Gasteiger partial charge on any atom is -0.496 e. The van der Waals surface area contributed by atoms with Crippen LogP contribution in [0.3, 0.4) is 0 Å². The molecule has 6 heteroatoms. The number of hydrogen-bond donors (Lipinski definition) is 0. The summed E-state index contributed by atoms with van der Waals surface area (Å²) in [5.41, 5.74) is 1.12. The second-order valence-corrected chi connectivity index (χ2v) is 5.75. The summed E-state index contributed by atoms with van der Waals surface area (Å²) >= 11 is 2.16. The molecule has 0 radical (unpaired) electrons. The molecule has 0 fully saturated rings. The van der Waals surface area contributed by atoms with Gasteiger partial charge in [0.05, 0.1) is 10.7 Å². The Labute approximate surface area is 144 Å². The average Bonchev–Trinajstić information content (AvgIpc) is 2.47. The number of hydrogen-bond acceptors (Lipinski definition) is 5. The first-order valence-electron chi connectivity index (χ1n) is 6.86. The first kappa shape index (κ1) is 18.8. The Bertz CT molecular complexity index is 542. The lowest BCUT2D eigenvalue weighted by Gasteiger charge is -2.18. The van der Waals surface area contributed by atoms with Crippen molar-refractivity contribution in [1.29, 1.82) is 0 Å². The van der Waals surface area contributed by atoms with Crippen LogP contribution in [-0.4, -0.2) is 26.0 Å². The van der Waals surface area contributed by atoms with Crippen molar-refractivity contribution in [2.75, 3.05) is 13.7 Å². The summed E-state index contributed by atoms with van der Waals surface area (Å²) in [5, 5.41) is 0. The number of benzene rings is 1. The first-order chi connectivity index (χ1) is 10.4. The van der Waals surface area contributed by atoms with Gasteiger partial charge in [-0.05, 0) is 49.4 Å². The van der Waals surface area contributed by atoms with E-state index in [0.717, 1.165) is 9.13 Å². The van der Waals surface area contributed by atoms with E-state index in [4.69, 9.17) is 18.9 Å². The maximum Gasteiger partial charge on any atom is 0.333 e. The van der Waals surface area contributed by atoms with E-state index in [1.165, 1.54) is 0 Å². The SMILES string of the molecule is C=C(C)C(=O)OCc1cc(I)c(OC(C)OCC)cc1OC. The Morgan fingerprint density at radius 2 is 2.05 bits per heavy atom. The van der Waals surface area contributed by atoms with Gasteiger partial charge in [-0.15, -0.1) is 0 Å². The molecule has 0 saturated carbocycles. The van der Waals surface area contributed by atoms with Crippen LogP contribution in [0, 0.1) is 3.57 Å². The Morgan fingerprint density at radius 3 is 2.59 bits per heavy atom. The maximum atomic E-state index is 11.5. The molecule has 0 aromatic heterocycles. The second kappa shape index (κ2) is 8.99. The molecule has 0 spiro atoms. The van der Waals surface area contributed by atoms with E-state index in [0.29, 0.717) is 23.7 Å². The van der Waals surface area contributed by atoms with Gasteiger partial charge in [-0.2, -0.15) is 0 Å². The number of rotatable bonds is 8. The zero-order valence-electron chi connectivity index (χ0n) is 13.3. The molecule has 0 N–H and O–H groups in total. The summed E-state index contributed by atoms with van der Waals surface area (Å²) in [5.74, 6) is 0.823. The highest BCUT2D eigenvalue weighted by Gasteiger charge is 2.14. The standard InChI is InChI=1S/C16H21IO5/c1-6-20-11(4)22-15-8-14(19-5)12(7-13(15)17)9-21-16(18)10(2)3/h7-8,11H,2,6,9H2,1,3-5H3. The van der Waals surface area contributed by atoms with Crippen LogP contribution < -0.4 is 9.47 Å². The number of esters is 1. The van der Waals surface area contributed by atoms with Gasteiger partial charge in [0.25, 0.3) is 0 Å². The smallest absolute Gasteiger partial charge is 0.333 e. The van der Waals surface area contributed by atoms with Gasteiger partial charge in [-0.1, -0.05) is 6.58 Å². The Morgan fingerprint density at radius 1 is 1.36 bits per heavy atom. The quantitative estimate of drug-likeness (QED) is 0.278. The lowest BCUT2D eigenvalue weighted by atomic mass is 10.2. The summed E-state index contributed by atoms with van der Waals surface area (Å²) in [7, 11) is 1.56. The number of carbonyl (C=O) groups excluding carboxylic acids is 1. The van der Waals surface area contributed by atoms with Gasteiger partial charge in [0.2, 0.25) is 0 Å². The van der Waals surface area contributed by atoms with Crippen LogP contribution in [0.1, 0.15) is 26.3 Å². The summed E-state index contributed by atoms with van der Waals surface area (Å²) in [6.45, 7) is 9.58. The molecule has 0 aliphatic heterocycles. The summed E-state index contributed by atoms with van der Waals surface area (Å²) in [6.07, 6.45) is -0.352. The third-order valence-corrected chi connectivity index (χ3v) is 3.58. The molecule has 5 nitrogen and oxygen atoms in total. The molecule has 0 aliphatic carbocycles. The van der Waals surface area contributed by atoms with Gasteiger partial charge in [0, 0.05) is 23.8 Å². The highest BCUT2D eigenvalue weighted by Crippen LogP contribution is 2.31. The Balaban J connectivity index is 2.90. The molecule has 0 saturated heterocycles. The predicted octanol–water partition coefficient (Wildman–Crippen LogP) is 3.68. The molecule has 122 valence electrons. The highest BCUT2D eigenvalue weighted by atomic mass is 127. The first-order valence-corrected chi connectivity index (χ1v) is 7.94. The Hall–Kier alpha value is -1.28. The fourth-order valence-electron chi connectivity index (χ4n) is 1.68. The molecule has 1 aromatic carbocycles. The third kappa shape index (κ3) is 5.49. The normalized spacial score (nSPS) is 11.7. The highest BCUT2D eigenvalue weighted by molar-refractivity contribution is 14.1. The summed E-state index contributed by atoms with van der Waals surface area (Å²) in [4.78, 5) is 11.5. The van der Waals surface area contributed by atoms with Gasteiger partial charge >= 0.3 is 5.97 Å². The molecule has 1 aromatic rings. The van der Waals surface area contributed by atoms with Crippen molar-refractivity contribution in [3.63, 3.8) is 0 Å². The van der Waals surface area contributed by atoms with E-state index in [1.54, 1.807) is 20.1 Å². The van der Waals surface area contributed by atoms with Crippen LogP contribution in [0.15, 0.2) is 24.3 Å². The second-order valence-electron chi connectivity index (χ2n) is 4.59. The number of carbonyl (C=O) groups is 1. The summed E-state index contributed by atoms with van der Waals surface area (Å²) < 4.78 is 22.5. The molecule has 0 heterocycles. The van der Waals surface area contributed by atoms with Crippen molar-refractivity contribution in [3.05, 3.63) is 33.4 Å². The van der Waals surface area contributed by atoms with Crippen LogP contribution in [0.4, 0.5) is 0 Å². The Kier molecular flexibility index (Phi) is 7.67. The van der Waals surface area contributed by atoms with E-state index in [1.807, 2.05) is 19.9 Å². The van der Waals surface area contributed by atoms with Crippen LogP contribution in [-0.2, 0) is 20.9 Å². The van der Waals surface area contributed by atoms with Gasteiger partial charge < -0.3 is 18.9 Å². The topological polar surface area (TPSA) is 54.0 Å². The van der Waals surface area contributed by atoms with E-state index in [-0.39, 0.29) is 12.9 Å². The number of methoxy groups -OCH3 is 1. The van der Waals surface area contributed by atoms with E-state index < -0.39 is 5.97 Å². The van der Waals surface area contributed by atoms with E-state index >= 15 is 0 Å². The minimum absolute atomic E-state index is 0.117. The maximum absolute atomic E-state index is 11.5. The van der Waals surface area contributed by atoms with Crippen LogP contribution >= 0.6 is 22.6 Å². The zero-order chi connectivity index (χ0) is 16.7. The molecule has 1 unspecified atom stereocenters.